The minimum Gasteiger partial charge on any atom is -0.481 e. The Hall–Kier alpha value is -2.09. The number of fused-ring (bicyclic) bond motifs is 1. The number of carbonyl (C=O) groups is 1. The molecule has 1 aliphatic rings. The summed E-state index contributed by atoms with van der Waals surface area (Å²) in [6, 6.07) is 5.01. The summed E-state index contributed by atoms with van der Waals surface area (Å²) < 4.78 is 27.9. The van der Waals surface area contributed by atoms with Crippen molar-refractivity contribution in [3.8, 4) is 0 Å². The molecule has 0 aromatic heterocycles. The number of guanidine groups is 1. The topological polar surface area (TPSA) is 99.1 Å². The summed E-state index contributed by atoms with van der Waals surface area (Å²) in [5.74, 6) is -0.824. The molecule has 1 heterocycles. The number of aryl methyl sites for hydroxylation is 1. The average Bonchev–Trinajstić information content (AvgIpc) is 2.36. The second-order valence-electron chi connectivity index (χ2n) is 4.58. The highest BCUT2D eigenvalue weighted by molar-refractivity contribution is 7.90. The van der Waals surface area contributed by atoms with Crippen LogP contribution in [0.2, 0.25) is 0 Å². The van der Waals surface area contributed by atoms with Crippen LogP contribution in [0.4, 0.5) is 5.69 Å². The van der Waals surface area contributed by atoms with Crippen molar-refractivity contribution in [2.24, 2.45) is 4.40 Å². The number of sulfonamides is 1. The van der Waals surface area contributed by atoms with E-state index in [0.717, 1.165) is 5.56 Å². The number of nitrogens with one attached hydrogen (secondary N) is 1. The number of benzene rings is 1. The van der Waals surface area contributed by atoms with Gasteiger partial charge in [0.25, 0.3) is 10.0 Å². The molecule has 1 aliphatic heterocycles. The number of hydrogen-bond acceptors (Lipinski definition) is 5. The zero-order valence-electron chi connectivity index (χ0n) is 11.1. The van der Waals surface area contributed by atoms with Crippen LogP contribution >= 0.6 is 0 Å². The first-order valence-electron chi connectivity index (χ1n) is 5.95. The quantitative estimate of drug-likeness (QED) is 0.859. The van der Waals surface area contributed by atoms with E-state index in [0.29, 0.717) is 5.69 Å². The highest BCUT2D eigenvalue weighted by atomic mass is 32.2. The Morgan fingerprint density at radius 1 is 1.45 bits per heavy atom. The fourth-order valence-corrected chi connectivity index (χ4v) is 3.03. The fourth-order valence-electron chi connectivity index (χ4n) is 1.79. The number of rotatable bonds is 3. The van der Waals surface area contributed by atoms with Crippen LogP contribution < -0.4 is 5.32 Å². The average molecular weight is 297 g/mol. The van der Waals surface area contributed by atoms with Crippen LogP contribution in [-0.2, 0) is 14.8 Å². The summed E-state index contributed by atoms with van der Waals surface area (Å²) >= 11 is 0. The van der Waals surface area contributed by atoms with Gasteiger partial charge in [0.2, 0.25) is 5.96 Å². The van der Waals surface area contributed by atoms with E-state index in [1.54, 1.807) is 32.2 Å². The van der Waals surface area contributed by atoms with Gasteiger partial charge in [0.1, 0.15) is 4.90 Å². The lowest BCUT2D eigenvalue weighted by molar-refractivity contribution is -0.137. The maximum Gasteiger partial charge on any atom is 0.305 e. The third kappa shape index (κ3) is 2.90. The number of aliphatic carboxylic acids is 1. The second-order valence-corrected chi connectivity index (χ2v) is 6.15. The van der Waals surface area contributed by atoms with Gasteiger partial charge in [0, 0.05) is 13.6 Å². The van der Waals surface area contributed by atoms with Crippen LogP contribution in [0.1, 0.15) is 12.0 Å². The molecule has 2 N–H and O–H groups in total. The van der Waals surface area contributed by atoms with E-state index in [4.69, 9.17) is 5.11 Å². The fraction of sp³-hybridized carbons (Fsp3) is 0.333. The molecule has 0 amide bonds. The van der Waals surface area contributed by atoms with E-state index in [1.165, 1.54) is 4.90 Å². The molecule has 0 saturated carbocycles. The SMILES string of the molecule is Cc1ccc2c(c1)S(=O)(=O)N=C(N(C)CCC(=O)O)N2. The zero-order chi connectivity index (χ0) is 14.9. The van der Waals surface area contributed by atoms with E-state index in [2.05, 4.69) is 9.71 Å². The molecule has 20 heavy (non-hydrogen) atoms. The molecule has 2 rings (SSSR count). The molecular formula is C12H15N3O4S. The highest BCUT2D eigenvalue weighted by Gasteiger charge is 2.26. The summed E-state index contributed by atoms with van der Waals surface area (Å²) in [6.45, 7) is 1.96. The monoisotopic (exact) mass is 297 g/mol. The number of anilines is 1. The normalized spacial score (nSPS) is 15.8. The van der Waals surface area contributed by atoms with Crippen molar-refractivity contribution in [2.45, 2.75) is 18.2 Å². The van der Waals surface area contributed by atoms with Crippen LogP contribution in [0, 0.1) is 6.92 Å². The lowest BCUT2D eigenvalue weighted by Crippen LogP contribution is -2.37. The summed E-state index contributed by atoms with van der Waals surface area (Å²) in [4.78, 5) is 12.1. The molecule has 108 valence electrons. The Labute approximate surface area is 117 Å². The first-order valence-corrected chi connectivity index (χ1v) is 7.39. The predicted molar refractivity (Wildman–Crippen MR) is 74.3 cm³/mol. The van der Waals surface area contributed by atoms with E-state index in [1.807, 2.05) is 0 Å². The summed E-state index contributed by atoms with van der Waals surface area (Å²) in [5, 5.41) is 11.6. The number of carboxylic acid groups (broad SMARTS) is 1. The van der Waals surface area contributed by atoms with Gasteiger partial charge in [-0.25, -0.2) is 0 Å². The predicted octanol–water partition coefficient (Wildman–Crippen LogP) is 0.872. The molecule has 7 nitrogen and oxygen atoms in total. The molecule has 1 aromatic carbocycles. The van der Waals surface area contributed by atoms with Crippen molar-refractivity contribution in [1.29, 1.82) is 0 Å². The van der Waals surface area contributed by atoms with Crippen molar-refractivity contribution in [1.82, 2.24) is 4.90 Å². The zero-order valence-corrected chi connectivity index (χ0v) is 11.9. The van der Waals surface area contributed by atoms with Crippen LogP contribution in [0.5, 0.6) is 0 Å². The van der Waals surface area contributed by atoms with Crippen LogP contribution in [0.15, 0.2) is 27.5 Å². The van der Waals surface area contributed by atoms with Crippen molar-refractivity contribution < 1.29 is 18.3 Å². The molecule has 0 radical (unpaired) electrons. The Morgan fingerprint density at radius 2 is 2.15 bits per heavy atom. The standard InChI is InChI=1S/C12H15N3O4S/c1-8-3-4-9-10(7-8)20(18,19)14-12(13-9)15(2)6-5-11(16)17/h3-4,7H,5-6H2,1-2H3,(H,13,14)(H,16,17). The van der Waals surface area contributed by atoms with E-state index in [-0.39, 0.29) is 23.8 Å². The van der Waals surface area contributed by atoms with Crippen LogP contribution in [-0.4, -0.2) is 43.9 Å². The summed E-state index contributed by atoms with van der Waals surface area (Å²) in [6.07, 6.45) is -0.0992. The molecule has 0 fully saturated rings. The van der Waals surface area contributed by atoms with Crippen LogP contribution in [0.3, 0.4) is 0 Å². The van der Waals surface area contributed by atoms with Gasteiger partial charge in [-0.05, 0) is 24.6 Å². The van der Waals surface area contributed by atoms with Gasteiger partial charge in [-0.3, -0.25) is 4.79 Å². The van der Waals surface area contributed by atoms with Gasteiger partial charge in [-0.1, -0.05) is 6.07 Å². The maximum atomic E-state index is 12.1. The summed E-state index contributed by atoms with van der Waals surface area (Å²) in [7, 11) is -2.17. The summed E-state index contributed by atoms with van der Waals surface area (Å²) in [5.41, 5.74) is 1.27. The molecule has 0 atom stereocenters. The number of carboxylic acids is 1. The van der Waals surface area contributed by atoms with Gasteiger partial charge >= 0.3 is 5.97 Å². The van der Waals surface area contributed by atoms with Crippen molar-refractivity contribution in [3.05, 3.63) is 23.8 Å². The van der Waals surface area contributed by atoms with Gasteiger partial charge < -0.3 is 15.3 Å². The molecule has 0 spiro atoms. The number of nitrogens with zero attached hydrogens (tertiary/aromatic N) is 2. The lowest BCUT2D eigenvalue weighted by atomic mass is 10.2. The largest absolute Gasteiger partial charge is 0.481 e. The number of hydrogen-bond donors (Lipinski definition) is 2. The second kappa shape index (κ2) is 5.12. The smallest absolute Gasteiger partial charge is 0.305 e. The van der Waals surface area contributed by atoms with Crippen LogP contribution in [0.25, 0.3) is 0 Å². The minimum atomic E-state index is -3.76. The Kier molecular flexibility index (Phi) is 3.67. The lowest BCUT2D eigenvalue weighted by Gasteiger charge is -2.25. The molecular weight excluding hydrogens is 282 g/mol. The third-order valence-electron chi connectivity index (χ3n) is 2.89. The molecule has 1 aromatic rings. The van der Waals surface area contributed by atoms with Gasteiger partial charge in [-0.15, -0.1) is 4.40 Å². The minimum absolute atomic E-state index is 0.0992. The van der Waals surface area contributed by atoms with E-state index < -0.39 is 16.0 Å². The third-order valence-corrected chi connectivity index (χ3v) is 4.20. The Balaban J connectivity index is 2.30. The maximum absolute atomic E-state index is 12.1. The van der Waals surface area contributed by atoms with E-state index in [9.17, 15) is 13.2 Å². The van der Waals surface area contributed by atoms with Gasteiger partial charge in [-0.2, -0.15) is 8.42 Å². The van der Waals surface area contributed by atoms with Crippen molar-refractivity contribution in [2.75, 3.05) is 18.9 Å². The molecule has 8 heteroatoms. The van der Waals surface area contributed by atoms with Crippen molar-refractivity contribution >= 4 is 27.6 Å². The Morgan fingerprint density at radius 3 is 2.80 bits per heavy atom. The molecule has 0 unspecified atom stereocenters. The Bertz CT molecular complexity index is 682. The van der Waals surface area contributed by atoms with Gasteiger partial charge in [0.05, 0.1) is 12.1 Å². The first kappa shape index (κ1) is 14.3. The first-order chi connectivity index (χ1) is 9.29. The van der Waals surface area contributed by atoms with E-state index >= 15 is 0 Å². The highest BCUT2D eigenvalue weighted by Crippen LogP contribution is 2.28. The molecule has 0 aliphatic carbocycles. The van der Waals surface area contributed by atoms with Crippen molar-refractivity contribution in [3.63, 3.8) is 0 Å². The van der Waals surface area contributed by atoms with Gasteiger partial charge in [0.15, 0.2) is 0 Å². The molecule has 0 saturated heterocycles. The molecule has 0 bridgehead atoms.